The number of nitrogens with one attached hydrogen (secondary N) is 1. The molecule has 8 heteroatoms. The van der Waals surface area contributed by atoms with Gasteiger partial charge in [-0.2, -0.15) is 4.31 Å². The van der Waals surface area contributed by atoms with Gasteiger partial charge in [0.2, 0.25) is 15.9 Å². The molecule has 1 aromatic carbocycles. The summed E-state index contributed by atoms with van der Waals surface area (Å²) in [6.45, 7) is 3.68. The van der Waals surface area contributed by atoms with Crippen molar-refractivity contribution in [2.75, 3.05) is 46.4 Å². The van der Waals surface area contributed by atoms with E-state index in [1.807, 2.05) is 0 Å². The molecule has 2 saturated heterocycles. The molecule has 0 spiro atoms. The van der Waals surface area contributed by atoms with Gasteiger partial charge < -0.3 is 15.0 Å². The van der Waals surface area contributed by atoms with Crippen LogP contribution in [0, 0.1) is 5.92 Å². The fourth-order valence-electron chi connectivity index (χ4n) is 3.73. The highest BCUT2D eigenvalue weighted by atomic mass is 32.2. The number of ether oxygens (including phenoxy) is 1. The topological polar surface area (TPSA) is 79.0 Å². The third kappa shape index (κ3) is 5.00. The molecule has 2 heterocycles. The Morgan fingerprint density at radius 2 is 1.74 bits per heavy atom. The number of piperidine rings is 1. The molecule has 0 unspecified atom stereocenters. The minimum atomic E-state index is -3.53. The summed E-state index contributed by atoms with van der Waals surface area (Å²) in [6.07, 6.45) is 3.78. The van der Waals surface area contributed by atoms with Crippen molar-refractivity contribution in [2.24, 2.45) is 5.92 Å². The second kappa shape index (κ2) is 9.03. The zero-order chi connectivity index (χ0) is 19.3. The van der Waals surface area contributed by atoms with E-state index in [-0.39, 0.29) is 10.8 Å². The highest BCUT2D eigenvalue weighted by Gasteiger charge is 2.30. The van der Waals surface area contributed by atoms with E-state index in [9.17, 15) is 13.2 Å². The van der Waals surface area contributed by atoms with Crippen LogP contribution in [0.25, 0.3) is 0 Å². The number of carbonyl (C=O) groups is 1. The first-order chi connectivity index (χ1) is 13.0. The summed E-state index contributed by atoms with van der Waals surface area (Å²) in [5.41, 5.74) is 0. The number of sulfonamides is 1. The lowest BCUT2D eigenvalue weighted by molar-refractivity contribution is -0.132. The molecule has 2 aliphatic rings. The number of hydrogen-bond acceptors (Lipinski definition) is 5. The number of benzene rings is 1. The molecule has 0 saturated carbocycles. The number of hydrogen-bond donors (Lipinski definition) is 1. The molecule has 2 fully saturated rings. The summed E-state index contributed by atoms with van der Waals surface area (Å²) >= 11 is 0. The van der Waals surface area contributed by atoms with Gasteiger partial charge in [-0.25, -0.2) is 8.42 Å². The van der Waals surface area contributed by atoms with Crippen molar-refractivity contribution < 1.29 is 17.9 Å². The molecule has 27 heavy (non-hydrogen) atoms. The first-order valence-corrected chi connectivity index (χ1v) is 11.1. The molecule has 0 atom stereocenters. The van der Waals surface area contributed by atoms with Gasteiger partial charge in [0.1, 0.15) is 5.75 Å². The van der Waals surface area contributed by atoms with Gasteiger partial charge in [-0.3, -0.25) is 4.79 Å². The number of piperazine rings is 1. The maximum Gasteiger partial charge on any atom is 0.243 e. The van der Waals surface area contributed by atoms with Crippen molar-refractivity contribution in [1.29, 1.82) is 0 Å². The van der Waals surface area contributed by atoms with Gasteiger partial charge >= 0.3 is 0 Å². The summed E-state index contributed by atoms with van der Waals surface area (Å²) in [6, 6.07) is 6.41. The van der Waals surface area contributed by atoms with Gasteiger partial charge in [0.25, 0.3) is 0 Å². The normalized spacial score (nSPS) is 19.8. The second-order valence-corrected chi connectivity index (χ2v) is 9.13. The molecule has 0 bridgehead atoms. The lowest BCUT2D eigenvalue weighted by Gasteiger charge is -2.34. The fraction of sp³-hybridized carbons (Fsp3) is 0.632. The van der Waals surface area contributed by atoms with Crippen molar-refractivity contribution in [2.45, 2.75) is 30.6 Å². The van der Waals surface area contributed by atoms with Crippen LogP contribution in [0.5, 0.6) is 5.75 Å². The summed E-state index contributed by atoms with van der Waals surface area (Å²) < 4.78 is 32.1. The smallest absolute Gasteiger partial charge is 0.243 e. The number of methoxy groups -OCH3 is 1. The van der Waals surface area contributed by atoms with Crippen molar-refractivity contribution in [3.8, 4) is 5.75 Å². The average molecular weight is 396 g/mol. The van der Waals surface area contributed by atoms with Crippen LogP contribution in [0.3, 0.4) is 0 Å². The predicted octanol–water partition coefficient (Wildman–Crippen LogP) is 1.31. The Hall–Kier alpha value is -1.64. The lowest BCUT2D eigenvalue weighted by atomic mass is 9.93. The van der Waals surface area contributed by atoms with E-state index in [0.29, 0.717) is 44.3 Å². The van der Waals surface area contributed by atoms with Crippen LogP contribution in [0.15, 0.2) is 29.2 Å². The van der Waals surface area contributed by atoms with E-state index in [1.165, 1.54) is 4.31 Å². The third-order valence-electron chi connectivity index (χ3n) is 5.51. The molecule has 0 radical (unpaired) electrons. The van der Waals surface area contributed by atoms with E-state index >= 15 is 0 Å². The molecule has 0 aromatic heterocycles. The van der Waals surface area contributed by atoms with Gasteiger partial charge in [-0.1, -0.05) is 0 Å². The Morgan fingerprint density at radius 1 is 1.11 bits per heavy atom. The minimum Gasteiger partial charge on any atom is -0.497 e. The first-order valence-electron chi connectivity index (χ1n) is 9.63. The second-order valence-electron chi connectivity index (χ2n) is 7.19. The van der Waals surface area contributed by atoms with Gasteiger partial charge in [0.15, 0.2) is 0 Å². The van der Waals surface area contributed by atoms with Crippen LogP contribution in [0.4, 0.5) is 0 Å². The Bertz CT molecular complexity index is 722. The molecule has 0 aliphatic carbocycles. The Balaban J connectivity index is 1.50. The minimum absolute atomic E-state index is 0.148. The van der Waals surface area contributed by atoms with Gasteiger partial charge in [0.05, 0.1) is 12.0 Å². The Labute approximate surface area is 161 Å². The van der Waals surface area contributed by atoms with Crippen LogP contribution < -0.4 is 10.1 Å². The standard InChI is InChI=1S/C19H29N3O4S/c1-26-17-3-5-18(6-4-17)27(24,25)22-14-12-21(13-15-22)19(23)7-2-16-8-10-20-11-9-16/h3-6,16,20H,2,7-15H2,1H3. The van der Waals surface area contributed by atoms with E-state index in [1.54, 1.807) is 36.3 Å². The van der Waals surface area contributed by atoms with E-state index in [4.69, 9.17) is 4.74 Å². The summed E-state index contributed by atoms with van der Waals surface area (Å²) in [7, 11) is -1.99. The van der Waals surface area contributed by atoms with Gasteiger partial charge in [0, 0.05) is 32.6 Å². The average Bonchev–Trinajstić information content (AvgIpc) is 2.73. The van der Waals surface area contributed by atoms with Crippen molar-refractivity contribution in [3.63, 3.8) is 0 Å². The molecule has 1 amide bonds. The number of rotatable bonds is 6. The monoisotopic (exact) mass is 395 g/mol. The van der Waals surface area contributed by atoms with Crippen molar-refractivity contribution in [1.82, 2.24) is 14.5 Å². The highest BCUT2D eigenvalue weighted by molar-refractivity contribution is 7.89. The SMILES string of the molecule is COc1ccc(S(=O)(=O)N2CCN(C(=O)CCC3CCNCC3)CC2)cc1. The van der Waals surface area contributed by atoms with Crippen molar-refractivity contribution in [3.05, 3.63) is 24.3 Å². The number of carbonyl (C=O) groups excluding carboxylic acids is 1. The van der Waals surface area contributed by atoms with Crippen molar-refractivity contribution >= 4 is 15.9 Å². The van der Waals surface area contributed by atoms with E-state index in [0.717, 1.165) is 32.4 Å². The lowest BCUT2D eigenvalue weighted by Crippen LogP contribution is -2.50. The molecule has 1 N–H and O–H groups in total. The van der Waals surface area contributed by atoms with E-state index < -0.39 is 10.0 Å². The van der Waals surface area contributed by atoms with Crippen LogP contribution in [-0.2, 0) is 14.8 Å². The van der Waals surface area contributed by atoms with Crippen LogP contribution in [0.2, 0.25) is 0 Å². The zero-order valence-electron chi connectivity index (χ0n) is 15.9. The quantitative estimate of drug-likeness (QED) is 0.786. The molecular formula is C19H29N3O4S. The molecule has 1 aromatic rings. The maximum atomic E-state index is 12.8. The zero-order valence-corrected chi connectivity index (χ0v) is 16.7. The first kappa shape index (κ1) is 20.1. The van der Waals surface area contributed by atoms with Crippen LogP contribution >= 0.6 is 0 Å². The van der Waals surface area contributed by atoms with Gasteiger partial charge in [-0.05, 0) is 62.5 Å². The highest BCUT2D eigenvalue weighted by Crippen LogP contribution is 2.22. The molecule has 2 aliphatic heterocycles. The number of nitrogens with zero attached hydrogens (tertiary/aromatic N) is 2. The van der Waals surface area contributed by atoms with Crippen LogP contribution in [-0.4, -0.2) is 69.9 Å². The molecular weight excluding hydrogens is 366 g/mol. The van der Waals surface area contributed by atoms with E-state index in [2.05, 4.69) is 5.32 Å². The molecule has 150 valence electrons. The Kier molecular flexibility index (Phi) is 6.73. The maximum absolute atomic E-state index is 12.8. The molecule has 7 nitrogen and oxygen atoms in total. The Morgan fingerprint density at radius 3 is 2.33 bits per heavy atom. The van der Waals surface area contributed by atoms with Crippen LogP contribution in [0.1, 0.15) is 25.7 Å². The molecule has 3 rings (SSSR count). The third-order valence-corrected chi connectivity index (χ3v) is 7.43. The summed E-state index contributed by atoms with van der Waals surface area (Å²) in [5, 5.41) is 3.34. The number of amides is 1. The predicted molar refractivity (Wildman–Crippen MR) is 103 cm³/mol. The fourth-order valence-corrected chi connectivity index (χ4v) is 5.15. The summed E-state index contributed by atoms with van der Waals surface area (Å²) in [4.78, 5) is 14.5. The summed E-state index contributed by atoms with van der Waals surface area (Å²) in [5.74, 6) is 1.40. The van der Waals surface area contributed by atoms with Gasteiger partial charge in [-0.15, -0.1) is 0 Å². The largest absolute Gasteiger partial charge is 0.497 e.